The third-order valence-corrected chi connectivity index (χ3v) is 4.07. The fraction of sp³-hybridized carbons (Fsp3) is 0.286. The Balaban J connectivity index is 1.62. The molecule has 0 saturated carbocycles. The normalized spacial score (nSPS) is 10.7. The van der Waals surface area contributed by atoms with Crippen molar-refractivity contribution < 1.29 is 13.9 Å². The molecular weight excluding hydrogens is 342 g/mol. The maximum atomic E-state index is 12.1. The summed E-state index contributed by atoms with van der Waals surface area (Å²) in [7, 11) is 0. The second-order valence-electron chi connectivity index (χ2n) is 6.16. The molecule has 0 spiro atoms. The van der Waals surface area contributed by atoms with E-state index in [0.29, 0.717) is 37.1 Å². The highest BCUT2D eigenvalue weighted by Crippen LogP contribution is 2.24. The maximum Gasteiger partial charge on any atom is 0.251 e. The van der Waals surface area contributed by atoms with Crippen molar-refractivity contribution in [3.8, 4) is 22.9 Å². The largest absolute Gasteiger partial charge is 0.416 e. The first-order chi connectivity index (χ1) is 13.2. The molecule has 1 heterocycles. The van der Waals surface area contributed by atoms with E-state index in [1.54, 1.807) is 12.1 Å². The first-order valence-corrected chi connectivity index (χ1v) is 9.04. The molecule has 0 radical (unpaired) electrons. The molecule has 0 aliphatic carbocycles. The molecule has 0 unspecified atom stereocenters. The zero-order valence-electron chi connectivity index (χ0n) is 15.6. The Kier molecular flexibility index (Phi) is 6.33. The molecule has 3 rings (SSSR count). The Morgan fingerprint density at radius 1 is 1.00 bits per heavy atom. The van der Waals surface area contributed by atoms with Gasteiger partial charge < -0.3 is 14.5 Å². The second kappa shape index (κ2) is 9.09. The summed E-state index contributed by atoms with van der Waals surface area (Å²) in [5.41, 5.74) is 3.41. The van der Waals surface area contributed by atoms with Crippen LogP contribution in [0.3, 0.4) is 0 Å². The van der Waals surface area contributed by atoms with E-state index in [1.807, 2.05) is 50.2 Å². The van der Waals surface area contributed by atoms with Crippen molar-refractivity contribution in [1.29, 1.82) is 0 Å². The van der Waals surface area contributed by atoms with Crippen LogP contribution in [-0.4, -0.2) is 35.9 Å². The first kappa shape index (κ1) is 18.8. The van der Waals surface area contributed by atoms with E-state index in [0.717, 1.165) is 17.5 Å². The molecule has 6 heteroatoms. The van der Waals surface area contributed by atoms with Gasteiger partial charge in [0.05, 0.1) is 0 Å². The number of aryl methyl sites for hydroxylation is 1. The van der Waals surface area contributed by atoms with Crippen LogP contribution in [0.15, 0.2) is 52.9 Å². The minimum Gasteiger partial charge on any atom is -0.416 e. The van der Waals surface area contributed by atoms with Crippen molar-refractivity contribution in [2.75, 3.05) is 19.8 Å². The number of hydrogen-bond acceptors (Lipinski definition) is 5. The van der Waals surface area contributed by atoms with Crippen molar-refractivity contribution in [3.63, 3.8) is 0 Å². The van der Waals surface area contributed by atoms with E-state index in [4.69, 9.17) is 9.15 Å². The SMILES string of the molecule is CCOCCCNC(=O)c1ccc(-c2nnc(-c3ccc(C)cc3)o2)cc1. The van der Waals surface area contributed by atoms with Gasteiger partial charge in [-0.25, -0.2) is 0 Å². The van der Waals surface area contributed by atoms with Crippen molar-refractivity contribution in [3.05, 3.63) is 59.7 Å². The topological polar surface area (TPSA) is 77.2 Å². The Morgan fingerprint density at radius 2 is 1.59 bits per heavy atom. The Bertz CT molecular complexity index is 870. The molecule has 0 aliphatic rings. The highest BCUT2D eigenvalue weighted by atomic mass is 16.5. The zero-order chi connectivity index (χ0) is 19.1. The minimum absolute atomic E-state index is 0.107. The van der Waals surface area contributed by atoms with Crippen LogP contribution in [0.1, 0.15) is 29.3 Å². The molecule has 140 valence electrons. The third kappa shape index (κ3) is 5.01. The lowest BCUT2D eigenvalue weighted by molar-refractivity contribution is 0.0944. The zero-order valence-corrected chi connectivity index (χ0v) is 15.6. The van der Waals surface area contributed by atoms with Gasteiger partial charge in [-0.1, -0.05) is 17.7 Å². The predicted molar refractivity (Wildman–Crippen MR) is 103 cm³/mol. The van der Waals surface area contributed by atoms with Gasteiger partial charge in [-0.05, 0) is 56.7 Å². The van der Waals surface area contributed by atoms with Crippen molar-refractivity contribution in [2.45, 2.75) is 20.3 Å². The number of ether oxygens (including phenoxy) is 1. The fourth-order valence-electron chi connectivity index (χ4n) is 2.54. The molecule has 2 aromatic carbocycles. The minimum atomic E-state index is -0.107. The smallest absolute Gasteiger partial charge is 0.251 e. The molecule has 27 heavy (non-hydrogen) atoms. The molecule has 0 atom stereocenters. The summed E-state index contributed by atoms with van der Waals surface area (Å²) in [4.78, 5) is 12.1. The lowest BCUT2D eigenvalue weighted by Crippen LogP contribution is -2.25. The van der Waals surface area contributed by atoms with Gasteiger partial charge in [-0.2, -0.15) is 0 Å². The molecule has 1 N–H and O–H groups in total. The van der Waals surface area contributed by atoms with E-state index in [-0.39, 0.29) is 5.91 Å². The number of hydrogen-bond donors (Lipinski definition) is 1. The molecular formula is C21H23N3O3. The fourth-order valence-corrected chi connectivity index (χ4v) is 2.54. The molecule has 1 amide bonds. The molecule has 3 aromatic rings. The predicted octanol–water partition coefficient (Wildman–Crippen LogP) is 3.87. The molecule has 6 nitrogen and oxygen atoms in total. The van der Waals surface area contributed by atoms with Crippen LogP contribution in [0.2, 0.25) is 0 Å². The van der Waals surface area contributed by atoms with E-state index in [9.17, 15) is 4.79 Å². The van der Waals surface area contributed by atoms with E-state index in [1.165, 1.54) is 5.56 Å². The lowest BCUT2D eigenvalue weighted by atomic mass is 10.1. The number of nitrogens with one attached hydrogen (secondary N) is 1. The molecule has 1 aromatic heterocycles. The number of aromatic nitrogens is 2. The van der Waals surface area contributed by atoms with Crippen LogP contribution in [0.4, 0.5) is 0 Å². The average molecular weight is 365 g/mol. The van der Waals surface area contributed by atoms with Gasteiger partial charge in [-0.15, -0.1) is 10.2 Å². The third-order valence-electron chi connectivity index (χ3n) is 4.07. The van der Waals surface area contributed by atoms with Gasteiger partial charge >= 0.3 is 0 Å². The average Bonchev–Trinajstić information content (AvgIpc) is 3.18. The maximum absolute atomic E-state index is 12.1. The highest BCUT2D eigenvalue weighted by molar-refractivity contribution is 5.94. The van der Waals surface area contributed by atoms with E-state index in [2.05, 4.69) is 15.5 Å². The highest BCUT2D eigenvalue weighted by Gasteiger charge is 2.11. The van der Waals surface area contributed by atoms with Crippen molar-refractivity contribution in [1.82, 2.24) is 15.5 Å². The number of amides is 1. The van der Waals surface area contributed by atoms with E-state index >= 15 is 0 Å². The quantitative estimate of drug-likeness (QED) is 0.613. The number of benzene rings is 2. The number of carbonyl (C=O) groups is 1. The summed E-state index contributed by atoms with van der Waals surface area (Å²) in [6.07, 6.45) is 0.793. The molecule has 0 aliphatic heterocycles. The Morgan fingerprint density at radius 3 is 2.19 bits per heavy atom. The standard InChI is InChI=1S/C21H23N3O3/c1-3-26-14-4-13-22-19(25)16-9-11-18(12-10-16)21-24-23-20(27-21)17-7-5-15(2)6-8-17/h5-12H,3-4,13-14H2,1-2H3,(H,22,25). The van der Waals surface area contributed by atoms with Gasteiger partial charge in [0.25, 0.3) is 5.91 Å². The van der Waals surface area contributed by atoms with Gasteiger partial charge in [0, 0.05) is 36.4 Å². The van der Waals surface area contributed by atoms with Crippen molar-refractivity contribution in [2.24, 2.45) is 0 Å². The first-order valence-electron chi connectivity index (χ1n) is 9.04. The Labute approximate surface area is 158 Å². The summed E-state index contributed by atoms with van der Waals surface area (Å²) < 4.78 is 11.0. The monoisotopic (exact) mass is 365 g/mol. The van der Waals surface area contributed by atoms with Gasteiger partial charge in [-0.3, -0.25) is 4.79 Å². The second-order valence-corrected chi connectivity index (χ2v) is 6.16. The summed E-state index contributed by atoms with van der Waals surface area (Å²) in [6.45, 7) is 5.91. The molecule has 0 saturated heterocycles. The van der Waals surface area contributed by atoms with Crippen LogP contribution in [0, 0.1) is 6.92 Å². The van der Waals surface area contributed by atoms with Crippen LogP contribution in [0.25, 0.3) is 22.9 Å². The van der Waals surface area contributed by atoms with Crippen LogP contribution >= 0.6 is 0 Å². The van der Waals surface area contributed by atoms with Gasteiger partial charge in [0.1, 0.15) is 0 Å². The summed E-state index contributed by atoms with van der Waals surface area (Å²) in [5, 5.41) is 11.1. The molecule has 0 bridgehead atoms. The van der Waals surface area contributed by atoms with Crippen molar-refractivity contribution >= 4 is 5.91 Å². The number of rotatable bonds is 8. The molecule has 0 fully saturated rings. The van der Waals surface area contributed by atoms with Gasteiger partial charge in [0.2, 0.25) is 11.8 Å². The summed E-state index contributed by atoms with van der Waals surface area (Å²) >= 11 is 0. The summed E-state index contributed by atoms with van der Waals surface area (Å²) in [6, 6.07) is 15.0. The van der Waals surface area contributed by atoms with Crippen LogP contribution < -0.4 is 5.32 Å². The summed E-state index contributed by atoms with van der Waals surface area (Å²) in [5.74, 6) is 0.791. The number of nitrogens with zero attached hydrogens (tertiary/aromatic N) is 2. The van der Waals surface area contributed by atoms with Gasteiger partial charge in [0.15, 0.2) is 0 Å². The number of carbonyl (C=O) groups excluding carboxylic acids is 1. The van der Waals surface area contributed by atoms with E-state index < -0.39 is 0 Å². The van der Waals surface area contributed by atoms with Crippen LogP contribution in [0.5, 0.6) is 0 Å². The Hall–Kier alpha value is -2.99. The van der Waals surface area contributed by atoms with Crippen LogP contribution in [-0.2, 0) is 4.74 Å². The lowest BCUT2D eigenvalue weighted by Gasteiger charge is -2.05.